The highest BCUT2D eigenvalue weighted by atomic mass is 16.4. The third kappa shape index (κ3) is 1.62. The summed E-state index contributed by atoms with van der Waals surface area (Å²) in [6.45, 7) is 0. The Morgan fingerprint density at radius 3 is 3.00 bits per heavy atom. The largest absolute Gasteiger partial charge is 0.411 e. The van der Waals surface area contributed by atoms with Gasteiger partial charge in [0.1, 0.15) is 5.71 Å². The molecule has 1 aliphatic carbocycles. The number of benzene rings is 1. The molecule has 17 heavy (non-hydrogen) atoms. The first-order valence-electron chi connectivity index (χ1n) is 5.68. The lowest BCUT2D eigenvalue weighted by Gasteiger charge is -2.26. The fraction of sp³-hybridized carbons (Fsp3) is 0.231. The number of hydrogen-bond acceptors (Lipinski definition) is 3. The van der Waals surface area contributed by atoms with Crippen LogP contribution in [-0.4, -0.2) is 20.5 Å². The maximum Gasteiger partial charge on any atom is 0.110 e. The number of oxime groups is 1. The predicted octanol–water partition coefficient (Wildman–Crippen LogP) is 2.25. The topological polar surface area (TPSA) is 50.4 Å². The van der Waals surface area contributed by atoms with E-state index < -0.39 is 0 Å². The molecule has 1 aromatic heterocycles. The zero-order valence-electron chi connectivity index (χ0n) is 9.32. The fourth-order valence-corrected chi connectivity index (χ4v) is 2.46. The average molecular weight is 227 g/mol. The van der Waals surface area contributed by atoms with Gasteiger partial charge in [0, 0.05) is 18.0 Å². The molecular formula is C13H13N3O. The summed E-state index contributed by atoms with van der Waals surface area (Å²) >= 11 is 0. The quantitative estimate of drug-likeness (QED) is 0.600. The van der Waals surface area contributed by atoms with Gasteiger partial charge in [-0.1, -0.05) is 29.4 Å². The van der Waals surface area contributed by atoms with E-state index in [1.54, 1.807) is 12.5 Å². The Bertz CT molecular complexity index is 546. The minimum Gasteiger partial charge on any atom is -0.411 e. The van der Waals surface area contributed by atoms with E-state index in [1.807, 2.05) is 29.0 Å². The van der Waals surface area contributed by atoms with Gasteiger partial charge in [-0.15, -0.1) is 0 Å². The predicted molar refractivity (Wildman–Crippen MR) is 64.4 cm³/mol. The molecule has 1 atom stereocenters. The third-order valence-corrected chi connectivity index (χ3v) is 3.29. The van der Waals surface area contributed by atoms with Gasteiger partial charge in [0.05, 0.1) is 12.4 Å². The van der Waals surface area contributed by atoms with Crippen LogP contribution in [0.4, 0.5) is 0 Å². The highest BCUT2D eigenvalue weighted by Gasteiger charge is 2.26. The van der Waals surface area contributed by atoms with E-state index in [4.69, 9.17) is 0 Å². The molecule has 0 spiro atoms. The van der Waals surface area contributed by atoms with Crippen molar-refractivity contribution in [1.29, 1.82) is 0 Å². The molecule has 1 aromatic carbocycles. The van der Waals surface area contributed by atoms with Crippen molar-refractivity contribution >= 4 is 5.71 Å². The molecule has 0 aliphatic heterocycles. The number of rotatable bonds is 1. The molecule has 4 heteroatoms. The average Bonchev–Trinajstić information content (AvgIpc) is 2.91. The molecule has 1 N–H and O–H groups in total. The Labute approximate surface area is 99.2 Å². The van der Waals surface area contributed by atoms with E-state index in [2.05, 4.69) is 16.2 Å². The first-order chi connectivity index (χ1) is 8.40. The number of fused-ring (bicyclic) bond motifs is 1. The van der Waals surface area contributed by atoms with Crippen molar-refractivity contribution in [2.75, 3.05) is 0 Å². The van der Waals surface area contributed by atoms with Crippen LogP contribution in [0.3, 0.4) is 0 Å². The van der Waals surface area contributed by atoms with Crippen molar-refractivity contribution in [3.63, 3.8) is 0 Å². The van der Waals surface area contributed by atoms with Crippen LogP contribution >= 0.6 is 0 Å². The highest BCUT2D eigenvalue weighted by Crippen LogP contribution is 2.29. The van der Waals surface area contributed by atoms with Crippen molar-refractivity contribution in [3.8, 4) is 0 Å². The van der Waals surface area contributed by atoms with Crippen LogP contribution in [0.2, 0.25) is 0 Å². The summed E-state index contributed by atoms with van der Waals surface area (Å²) < 4.78 is 1.99. The minimum atomic E-state index is 0.0809. The van der Waals surface area contributed by atoms with Crippen LogP contribution in [0.5, 0.6) is 0 Å². The van der Waals surface area contributed by atoms with Crippen LogP contribution in [0.15, 0.2) is 48.1 Å². The number of hydrogen-bond donors (Lipinski definition) is 1. The summed E-state index contributed by atoms with van der Waals surface area (Å²) in [6, 6.07) is 8.17. The molecule has 0 radical (unpaired) electrons. The normalized spacial score (nSPS) is 21.4. The maximum atomic E-state index is 9.26. The molecular weight excluding hydrogens is 214 g/mol. The van der Waals surface area contributed by atoms with Gasteiger partial charge >= 0.3 is 0 Å². The molecule has 0 saturated heterocycles. The Hall–Kier alpha value is -2.10. The van der Waals surface area contributed by atoms with Crippen LogP contribution in [0, 0.1) is 0 Å². The van der Waals surface area contributed by atoms with Gasteiger partial charge in [-0.25, -0.2) is 4.98 Å². The van der Waals surface area contributed by atoms with Crippen molar-refractivity contribution in [3.05, 3.63) is 54.1 Å². The summed E-state index contributed by atoms with van der Waals surface area (Å²) in [5, 5.41) is 12.8. The van der Waals surface area contributed by atoms with E-state index in [0.717, 1.165) is 24.1 Å². The van der Waals surface area contributed by atoms with Crippen LogP contribution in [0.1, 0.15) is 23.6 Å². The second kappa shape index (κ2) is 4.05. The summed E-state index contributed by atoms with van der Waals surface area (Å²) in [6.07, 6.45) is 7.36. The molecule has 3 rings (SSSR count). The minimum absolute atomic E-state index is 0.0809. The molecule has 86 valence electrons. The first-order valence-corrected chi connectivity index (χ1v) is 5.68. The molecule has 0 bridgehead atoms. The van der Waals surface area contributed by atoms with Crippen LogP contribution in [-0.2, 0) is 6.42 Å². The van der Waals surface area contributed by atoms with E-state index in [9.17, 15) is 5.21 Å². The highest BCUT2D eigenvalue weighted by molar-refractivity contribution is 6.05. The van der Waals surface area contributed by atoms with Crippen molar-refractivity contribution in [2.45, 2.75) is 18.9 Å². The molecule has 0 amide bonds. The zero-order chi connectivity index (χ0) is 11.7. The molecule has 4 nitrogen and oxygen atoms in total. The standard InChI is InChI=1S/C13H13N3O/c17-15-13-11-4-2-1-3-10(11)5-6-12(13)16-8-7-14-9-16/h1-4,7-9,12,17H,5-6H2. The Kier molecular flexibility index (Phi) is 2.40. The van der Waals surface area contributed by atoms with Crippen LogP contribution in [0.25, 0.3) is 0 Å². The van der Waals surface area contributed by atoms with E-state index >= 15 is 0 Å². The van der Waals surface area contributed by atoms with E-state index in [1.165, 1.54) is 5.56 Å². The number of aryl methyl sites for hydroxylation is 1. The second-order valence-corrected chi connectivity index (χ2v) is 4.21. The van der Waals surface area contributed by atoms with Crippen molar-refractivity contribution < 1.29 is 5.21 Å². The van der Waals surface area contributed by atoms with Gasteiger partial charge < -0.3 is 9.77 Å². The van der Waals surface area contributed by atoms with Crippen LogP contribution < -0.4 is 0 Å². The van der Waals surface area contributed by atoms with Gasteiger partial charge in [0.25, 0.3) is 0 Å². The molecule has 0 fully saturated rings. The Morgan fingerprint density at radius 2 is 2.24 bits per heavy atom. The molecule has 1 aliphatic rings. The fourth-order valence-electron chi connectivity index (χ4n) is 2.46. The number of aromatic nitrogens is 2. The summed E-state index contributed by atoms with van der Waals surface area (Å²) in [7, 11) is 0. The van der Waals surface area contributed by atoms with Gasteiger partial charge in [-0.2, -0.15) is 0 Å². The Balaban J connectivity index is 2.07. The molecule has 1 unspecified atom stereocenters. The summed E-state index contributed by atoms with van der Waals surface area (Å²) in [4.78, 5) is 4.05. The molecule has 0 saturated carbocycles. The second-order valence-electron chi connectivity index (χ2n) is 4.21. The third-order valence-electron chi connectivity index (χ3n) is 3.29. The van der Waals surface area contributed by atoms with Crippen molar-refractivity contribution in [1.82, 2.24) is 9.55 Å². The van der Waals surface area contributed by atoms with Crippen molar-refractivity contribution in [2.24, 2.45) is 5.16 Å². The smallest absolute Gasteiger partial charge is 0.110 e. The lowest BCUT2D eigenvalue weighted by atomic mass is 9.86. The number of imidazole rings is 1. The Morgan fingerprint density at radius 1 is 1.35 bits per heavy atom. The lowest BCUT2D eigenvalue weighted by Crippen LogP contribution is -2.25. The van der Waals surface area contributed by atoms with Gasteiger partial charge in [0.15, 0.2) is 0 Å². The van der Waals surface area contributed by atoms with Gasteiger partial charge in [0.2, 0.25) is 0 Å². The zero-order valence-corrected chi connectivity index (χ0v) is 9.32. The van der Waals surface area contributed by atoms with Gasteiger partial charge in [-0.05, 0) is 18.4 Å². The first kappa shape index (κ1) is 10.1. The van der Waals surface area contributed by atoms with Gasteiger partial charge in [-0.3, -0.25) is 0 Å². The monoisotopic (exact) mass is 227 g/mol. The lowest BCUT2D eigenvalue weighted by molar-refractivity contribution is 0.313. The molecule has 2 aromatic rings. The summed E-state index contributed by atoms with van der Waals surface area (Å²) in [5.41, 5.74) is 3.02. The van der Waals surface area contributed by atoms with E-state index in [-0.39, 0.29) is 6.04 Å². The summed E-state index contributed by atoms with van der Waals surface area (Å²) in [5.74, 6) is 0. The SMILES string of the molecule is ON=C1c2ccccc2CCC1n1ccnc1. The number of nitrogens with zero attached hydrogens (tertiary/aromatic N) is 3. The molecule has 1 heterocycles. The maximum absolute atomic E-state index is 9.26. The van der Waals surface area contributed by atoms with E-state index in [0.29, 0.717) is 0 Å².